The molecule has 1 heterocycles. The summed E-state index contributed by atoms with van der Waals surface area (Å²) in [5.74, 6) is -2.35. The van der Waals surface area contributed by atoms with Gasteiger partial charge in [-0.3, -0.25) is 9.59 Å². The normalized spacial score (nSPS) is 13.9. The summed E-state index contributed by atoms with van der Waals surface area (Å²) in [5, 5.41) is 5.62. The van der Waals surface area contributed by atoms with E-state index in [9.17, 15) is 18.4 Å². The molecule has 3 rings (SSSR count). The van der Waals surface area contributed by atoms with Gasteiger partial charge in [0.05, 0.1) is 0 Å². The molecule has 0 saturated heterocycles. The van der Waals surface area contributed by atoms with Crippen LogP contribution in [0.15, 0.2) is 36.4 Å². The highest BCUT2D eigenvalue weighted by molar-refractivity contribution is 5.97. The van der Waals surface area contributed by atoms with Crippen LogP contribution in [0.5, 0.6) is 0 Å². The monoisotopic (exact) mass is 359 g/mol. The lowest BCUT2D eigenvalue weighted by molar-refractivity contribution is -0.117. The van der Waals surface area contributed by atoms with Gasteiger partial charge in [-0.25, -0.2) is 8.78 Å². The van der Waals surface area contributed by atoms with E-state index >= 15 is 0 Å². The minimum atomic E-state index is -1.02. The summed E-state index contributed by atoms with van der Waals surface area (Å²) in [5.41, 5.74) is 2.87. The van der Waals surface area contributed by atoms with Crippen LogP contribution in [0.3, 0.4) is 0 Å². The first-order valence-electron chi connectivity index (χ1n) is 8.28. The van der Waals surface area contributed by atoms with Gasteiger partial charge >= 0.3 is 0 Å². The van der Waals surface area contributed by atoms with Crippen LogP contribution in [-0.2, 0) is 16.0 Å². The van der Waals surface area contributed by atoms with Crippen molar-refractivity contribution in [2.75, 3.05) is 22.1 Å². The summed E-state index contributed by atoms with van der Waals surface area (Å²) < 4.78 is 26.2. The number of fused-ring (bicyclic) bond motifs is 1. The topological polar surface area (TPSA) is 61.4 Å². The molecule has 0 fully saturated rings. The van der Waals surface area contributed by atoms with E-state index in [1.54, 1.807) is 17.9 Å². The van der Waals surface area contributed by atoms with Crippen LogP contribution in [0.1, 0.15) is 19.4 Å². The molecular formula is C19H19F2N3O2. The summed E-state index contributed by atoms with van der Waals surface area (Å²) in [6, 6.07) is 8.18. The maximum Gasteiger partial charge on any atom is 0.246 e. The number of carbonyl (C=O) groups excluding carboxylic acids is 2. The van der Waals surface area contributed by atoms with Gasteiger partial charge in [-0.15, -0.1) is 0 Å². The largest absolute Gasteiger partial charge is 0.374 e. The van der Waals surface area contributed by atoms with Gasteiger partial charge in [-0.1, -0.05) is 0 Å². The Morgan fingerprint density at radius 3 is 2.50 bits per heavy atom. The molecule has 2 aromatic carbocycles. The van der Waals surface area contributed by atoms with Crippen molar-refractivity contribution in [1.82, 2.24) is 0 Å². The molecule has 1 aliphatic heterocycles. The number of carbonyl (C=O) groups is 2. The van der Waals surface area contributed by atoms with Gasteiger partial charge in [0.25, 0.3) is 0 Å². The molecule has 1 atom stereocenters. The summed E-state index contributed by atoms with van der Waals surface area (Å²) in [6.45, 7) is 3.86. The zero-order valence-corrected chi connectivity index (χ0v) is 14.5. The molecule has 5 nitrogen and oxygen atoms in total. The number of benzene rings is 2. The molecule has 2 aromatic rings. The van der Waals surface area contributed by atoms with E-state index in [0.717, 1.165) is 35.5 Å². The molecule has 136 valence electrons. The SMILES string of the molecule is CC(=O)N1CCc2cc(N[C@H](C)C(=O)Nc3ccc(F)c(F)c3)ccc21. The van der Waals surface area contributed by atoms with Crippen LogP contribution in [-0.4, -0.2) is 24.4 Å². The van der Waals surface area contributed by atoms with Gasteiger partial charge < -0.3 is 15.5 Å². The number of hydrogen-bond acceptors (Lipinski definition) is 3. The number of nitrogens with one attached hydrogen (secondary N) is 2. The lowest BCUT2D eigenvalue weighted by Gasteiger charge is -2.18. The summed E-state index contributed by atoms with van der Waals surface area (Å²) >= 11 is 0. The minimum Gasteiger partial charge on any atom is -0.374 e. The average Bonchev–Trinajstić information content (AvgIpc) is 3.01. The Balaban J connectivity index is 1.66. The first-order valence-corrected chi connectivity index (χ1v) is 8.28. The van der Waals surface area contributed by atoms with Crippen LogP contribution in [0.2, 0.25) is 0 Å². The van der Waals surface area contributed by atoms with Crippen LogP contribution in [0, 0.1) is 11.6 Å². The summed E-state index contributed by atoms with van der Waals surface area (Å²) in [6.07, 6.45) is 0.764. The quantitative estimate of drug-likeness (QED) is 0.880. The standard InChI is InChI=1S/C19H19F2N3O2/c1-11(19(26)23-15-3-5-16(20)17(21)10-15)22-14-4-6-18-13(9-14)7-8-24(18)12(2)25/h3-6,9-11,22H,7-8H2,1-2H3,(H,23,26)/t11-/m1/s1. The first kappa shape index (κ1) is 17.8. The summed E-state index contributed by atoms with van der Waals surface area (Å²) in [4.78, 5) is 25.6. The third-order valence-electron chi connectivity index (χ3n) is 4.32. The molecule has 2 N–H and O–H groups in total. The second-order valence-electron chi connectivity index (χ2n) is 6.25. The van der Waals surface area contributed by atoms with Crippen LogP contribution in [0.4, 0.5) is 25.8 Å². The highest BCUT2D eigenvalue weighted by atomic mass is 19.2. The Hall–Kier alpha value is -2.96. The predicted molar refractivity (Wildman–Crippen MR) is 96.2 cm³/mol. The second kappa shape index (κ2) is 7.11. The van der Waals surface area contributed by atoms with Gasteiger partial charge in [-0.05, 0) is 49.2 Å². The highest BCUT2D eigenvalue weighted by Crippen LogP contribution is 2.30. The van der Waals surface area contributed by atoms with Crippen molar-refractivity contribution >= 4 is 28.9 Å². The van der Waals surface area contributed by atoms with E-state index in [-0.39, 0.29) is 17.5 Å². The first-order chi connectivity index (χ1) is 12.3. The van der Waals surface area contributed by atoms with Crippen molar-refractivity contribution < 1.29 is 18.4 Å². The van der Waals surface area contributed by atoms with Gasteiger partial charge in [-0.2, -0.15) is 0 Å². The fraction of sp³-hybridized carbons (Fsp3) is 0.263. The number of rotatable bonds is 4. The fourth-order valence-corrected chi connectivity index (χ4v) is 2.96. The Morgan fingerprint density at radius 1 is 1.08 bits per heavy atom. The molecule has 2 amide bonds. The van der Waals surface area contributed by atoms with Crippen molar-refractivity contribution in [3.8, 4) is 0 Å². The number of nitrogens with zero attached hydrogens (tertiary/aromatic N) is 1. The van der Waals surface area contributed by atoms with Crippen molar-refractivity contribution in [2.24, 2.45) is 0 Å². The number of hydrogen-bond donors (Lipinski definition) is 2. The van der Waals surface area contributed by atoms with Crippen molar-refractivity contribution in [3.63, 3.8) is 0 Å². The molecule has 0 radical (unpaired) electrons. The molecule has 0 saturated carbocycles. The minimum absolute atomic E-state index is 0.00346. The van der Waals surface area contributed by atoms with E-state index in [1.807, 2.05) is 12.1 Å². The lowest BCUT2D eigenvalue weighted by atomic mass is 10.1. The average molecular weight is 359 g/mol. The third kappa shape index (κ3) is 3.66. The lowest BCUT2D eigenvalue weighted by Crippen LogP contribution is -2.32. The molecule has 0 aromatic heterocycles. The predicted octanol–water partition coefficient (Wildman–Crippen LogP) is 3.31. The van der Waals surface area contributed by atoms with E-state index in [0.29, 0.717) is 6.54 Å². The van der Waals surface area contributed by atoms with Crippen LogP contribution < -0.4 is 15.5 Å². The Kier molecular flexibility index (Phi) is 4.88. The van der Waals surface area contributed by atoms with Crippen molar-refractivity contribution in [3.05, 3.63) is 53.6 Å². The molecule has 0 aliphatic carbocycles. The Bertz CT molecular complexity index is 870. The van der Waals surface area contributed by atoms with Crippen LogP contribution in [0.25, 0.3) is 0 Å². The Labute approximate surface area is 150 Å². The van der Waals surface area contributed by atoms with E-state index in [1.165, 1.54) is 13.0 Å². The third-order valence-corrected chi connectivity index (χ3v) is 4.32. The highest BCUT2D eigenvalue weighted by Gasteiger charge is 2.22. The summed E-state index contributed by atoms with van der Waals surface area (Å²) in [7, 11) is 0. The number of halogens is 2. The molecule has 0 bridgehead atoms. The fourth-order valence-electron chi connectivity index (χ4n) is 2.96. The number of amides is 2. The molecule has 0 unspecified atom stereocenters. The van der Waals surface area contributed by atoms with Gasteiger partial charge in [0, 0.05) is 36.6 Å². The smallest absolute Gasteiger partial charge is 0.246 e. The maximum absolute atomic E-state index is 13.2. The molecular weight excluding hydrogens is 340 g/mol. The second-order valence-corrected chi connectivity index (χ2v) is 6.25. The van der Waals surface area contributed by atoms with Crippen molar-refractivity contribution in [2.45, 2.75) is 26.3 Å². The maximum atomic E-state index is 13.2. The van der Waals surface area contributed by atoms with E-state index in [2.05, 4.69) is 10.6 Å². The molecule has 1 aliphatic rings. The molecule has 7 heteroatoms. The van der Waals surface area contributed by atoms with E-state index in [4.69, 9.17) is 0 Å². The zero-order chi connectivity index (χ0) is 18.8. The van der Waals surface area contributed by atoms with Crippen molar-refractivity contribution in [1.29, 1.82) is 0 Å². The molecule has 0 spiro atoms. The van der Waals surface area contributed by atoms with Gasteiger partial charge in [0.15, 0.2) is 11.6 Å². The van der Waals surface area contributed by atoms with Crippen LogP contribution >= 0.6 is 0 Å². The number of anilines is 3. The van der Waals surface area contributed by atoms with Gasteiger partial charge in [0.1, 0.15) is 6.04 Å². The Morgan fingerprint density at radius 2 is 1.81 bits per heavy atom. The van der Waals surface area contributed by atoms with Gasteiger partial charge in [0.2, 0.25) is 11.8 Å². The van der Waals surface area contributed by atoms with E-state index < -0.39 is 17.7 Å². The molecule has 26 heavy (non-hydrogen) atoms. The zero-order valence-electron chi connectivity index (χ0n) is 14.5.